The smallest absolute Gasteiger partial charge is 0.333 e. The second-order valence-corrected chi connectivity index (χ2v) is 1.92. The van der Waals surface area contributed by atoms with Gasteiger partial charge in [-0.1, -0.05) is 5.10 Å². The molecule has 0 saturated carbocycles. The first-order valence-corrected chi connectivity index (χ1v) is 3.20. The Morgan fingerprint density at radius 3 is 3.25 bits per heavy atom. The maximum absolute atomic E-state index is 5.04. The second kappa shape index (κ2) is 2.99. The highest BCUT2D eigenvalue weighted by molar-refractivity contribution is 4.84. The van der Waals surface area contributed by atoms with Crippen LogP contribution < -0.4 is 4.74 Å². The van der Waals surface area contributed by atoms with Gasteiger partial charge in [-0.25, -0.2) is 10.1 Å². The van der Waals surface area contributed by atoms with Crippen LogP contribution in [0.25, 0.3) is 0 Å². The van der Waals surface area contributed by atoms with Crippen LogP contribution in [0.2, 0.25) is 0 Å². The number of aromatic amines is 1. The number of H-pyrrole nitrogens is 1. The summed E-state index contributed by atoms with van der Waals surface area (Å²) in [7, 11) is 0. The molecule has 0 bridgehead atoms. The van der Waals surface area contributed by atoms with Crippen LogP contribution in [-0.4, -0.2) is 25.6 Å². The lowest BCUT2D eigenvalue weighted by molar-refractivity contribution is 0.244. The number of hydrogen-bond donors (Lipinski definition) is 1. The van der Waals surface area contributed by atoms with Crippen molar-refractivity contribution in [3.8, 4) is 6.01 Å². The molecule has 62 valence electrons. The normalized spacial score (nSPS) is 10.0. The Labute approximate surface area is 66.8 Å². The molecule has 7 nitrogen and oxygen atoms in total. The molecule has 0 aliphatic rings. The summed E-state index contributed by atoms with van der Waals surface area (Å²) in [6.45, 7) is 0.212. The molecular formula is C5H5N5O2. The second-order valence-electron chi connectivity index (χ2n) is 1.92. The molecule has 0 amide bonds. The predicted molar refractivity (Wildman–Crippen MR) is 35.0 cm³/mol. The van der Waals surface area contributed by atoms with E-state index >= 15 is 0 Å². The zero-order chi connectivity index (χ0) is 8.23. The quantitative estimate of drug-likeness (QED) is 0.678. The summed E-state index contributed by atoms with van der Waals surface area (Å²) >= 11 is 0. The van der Waals surface area contributed by atoms with Gasteiger partial charge in [-0.15, -0.1) is 0 Å². The first-order valence-electron chi connectivity index (χ1n) is 3.20. The number of nitrogens with one attached hydrogen (secondary N) is 1. The molecule has 0 saturated heterocycles. The lowest BCUT2D eigenvalue weighted by Crippen LogP contribution is -1.96. The minimum atomic E-state index is 0.212. The zero-order valence-corrected chi connectivity index (χ0v) is 5.97. The third-order valence-electron chi connectivity index (χ3n) is 1.14. The van der Waals surface area contributed by atoms with Crippen molar-refractivity contribution in [2.75, 3.05) is 0 Å². The first kappa shape index (κ1) is 6.77. The van der Waals surface area contributed by atoms with Crippen LogP contribution in [0.3, 0.4) is 0 Å². The Morgan fingerprint density at radius 2 is 2.58 bits per heavy atom. The highest BCUT2D eigenvalue weighted by Gasteiger charge is 2.00. The van der Waals surface area contributed by atoms with Gasteiger partial charge in [0.1, 0.15) is 6.26 Å². The number of nitrogens with zero attached hydrogens (tertiary/aromatic N) is 4. The third-order valence-corrected chi connectivity index (χ3v) is 1.14. The van der Waals surface area contributed by atoms with Crippen LogP contribution >= 0.6 is 0 Å². The van der Waals surface area contributed by atoms with Gasteiger partial charge in [-0.05, 0) is 10.4 Å². The van der Waals surface area contributed by atoms with Gasteiger partial charge < -0.3 is 9.15 Å². The highest BCUT2D eigenvalue weighted by atomic mass is 16.5. The maximum atomic E-state index is 5.04. The number of aromatic nitrogens is 5. The largest absolute Gasteiger partial charge is 0.453 e. The van der Waals surface area contributed by atoms with Crippen LogP contribution in [0, 0.1) is 0 Å². The van der Waals surface area contributed by atoms with Gasteiger partial charge >= 0.3 is 6.01 Å². The topological polar surface area (TPSA) is 89.7 Å². The van der Waals surface area contributed by atoms with Gasteiger partial charge in [0.15, 0.2) is 6.61 Å². The average molecular weight is 167 g/mol. The van der Waals surface area contributed by atoms with Gasteiger partial charge in [-0.3, -0.25) is 0 Å². The molecular weight excluding hydrogens is 162 g/mol. The van der Waals surface area contributed by atoms with Crippen molar-refractivity contribution in [3.05, 3.63) is 18.4 Å². The van der Waals surface area contributed by atoms with Crippen molar-refractivity contribution in [1.29, 1.82) is 0 Å². The molecule has 0 fully saturated rings. The number of rotatable bonds is 3. The van der Waals surface area contributed by atoms with E-state index in [0.29, 0.717) is 5.89 Å². The minimum absolute atomic E-state index is 0.212. The average Bonchev–Trinajstić information content (AvgIpc) is 2.74. The Kier molecular flexibility index (Phi) is 1.69. The molecule has 0 radical (unpaired) electrons. The fourth-order valence-corrected chi connectivity index (χ4v) is 0.666. The summed E-state index contributed by atoms with van der Waals surface area (Å²) in [5.41, 5.74) is 0. The SMILES string of the molecule is c1coc(COc2nnn[nH]2)n1. The molecule has 2 aromatic heterocycles. The fourth-order valence-electron chi connectivity index (χ4n) is 0.666. The number of hydrogen-bond acceptors (Lipinski definition) is 6. The molecule has 2 aromatic rings. The van der Waals surface area contributed by atoms with E-state index in [4.69, 9.17) is 9.15 Å². The maximum Gasteiger partial charge on any atom is 0.333 e. The molecule has 0 spiro atoms. The van der Waals surface area contributed by atoms with Gasteiger partial charge in [0.25, 0.3) is 0 Å². The molecule has 7 heteroatoms. The van der Waals surface area contributed by atoms with Crippen molar-refractivity contribution < 1.29 is 9.15 Å². The Hall–Kier alpha value is -1.92. The van der Waals surface area contributed by atoms with Crippen molar-refractivity contribution in [2.24, 2.45) is 0 Å². The summed E-state index contributed by atoms with van der Waals surface area (Å²) in [5.74, 6) is 0.478. The van der Waals surface area contributed by atoms with Gasteiger partial charge in [0.05, 0.1) is 6.20 Å². The molecule has 0 atom stereocenters. The van der Waals surface area contributed by atoms with Crippen LogP contribution in [-0.2, 0) is 6.61 Å². The molecule has 2 rings (SSSR count). The van der Waals surface area contributed by atoms with Crippen LogP contribution in [0.5, 0.6) is 6.01 Å². The summed E-state index contributed by atoms with van der Waals surface area (Å²) in [5, 5.41) is 12.6. The molecule has 0 unspecified atom stereocenters. The van der Waals surface area contributed by atoms with Crippen molar-refractivity contribution >= 4 is 0 Å². The van der Waals surface area contributed by atoms with Crippen LogP contribution in [0.4, 0.5) is 0 Å². The summed E-state index contributed by atoms with van der Waals surface area (Å²) < 4.78 is 9.96. The molecule has 12 heavy (non-hydrogen) atoms. The number of tetrazole rings is 1. The molecule has 1 N–H and O–H groups in total. The van der Waals surface area contributed by atoms with E-state index in [1.54, 1.807) is 0 Å². The van der Waals surface area contributed by atoms with E-state index in [0.717, 1.165) is 0 Å². The van der Waals surface area contributed by atoms with E-state index in [1.807, 2.05) is 0 Å². The highest BCUT2D eigenvalue weighted by Crippen LogP contribution is 2.00. The molecule has 0 aliphatic carbocycles. The summed E-state index contributed by atoms with van der Waals surface area (Å²) in [4.78, 5) is 3.84. The number of ether oxygens (including phenoxy) is 1. The summed E-state index contributed by atoms with van der Waals surface area (Å²) in [6.07, 6.45) is 3.01. The van der Waals surface area contributed by atoms with Gasteiger partial charge in [0.2, 0.25) is 5.89 Å². The Balaban J connectivity index is 1.91. The minimum Gasteiger partial charge on any atom is -0.453 e. The Bertz CT molecular complexity index is 281. The molecule has 0 aromatic carbocycles. The van der Waals surface area contributed by atoms with Crippen molar-refractivity contribution in [3.63, 3.8) is 0 Å². The standard InChI is InChI=1S/C5H5N5O2/c1-2-11-4(6-1)3-12-5-7-9-10-8-5/h1-2H,3H2,(H,7,8,9,10). The van der Waals surface area contributed by atoms with Crippen LogP contribution in [0.15, 0.2) is 16.9 Å². The molecule has 0 aliphatic heterocycles. The fraction of sp³-hybridized carbons (Fsp3) is 0.200. The monoisotopic (exact) mass is 167 g/mol. The van der Waals surface area contributed by atoms with Crippen LogP contribution in [0.1, 0.15) is 5.89 Å². The van der Waals surface area contributed by atoms with E-state index in [9.17, 15) is 0 Å². The third kappa shape index (κ3) is 1.39. The lowest BCUT2D eigenvalue weighted by atomic mass is 10.7. The number of oxazole rings is 1. The zero-order valence-electron chi connectivity index (χ0n) is 5.97. The van der Waals surface area contributed by atoms with E-state index in [1.165, 1.54) is 12.5 Å². The lowest BCUT2D eigenvalue weighted by Gasteiger charge is -1.94. The van der Waals surface area contributed by atoms with Crippen molar-refractivity contribution in [2.45, 2.75) is 6.61 Å². The summed E-state index contributed by atoms with van der Waals surface area (Å²) in [6, 6.07) is 0.244. The molecule has 2 heterocycles. The Morgan fingerprint density at radius 1 is 1.58 bits per heavy atom. The van der Waals surface area contributed by atoms with Gasteiger partial charge in [0, 0.05) is 0 Å². The van der Waals surface area contributed by atoms with Gasteiger partial charge in [-0.2, -0.15) is 0 Å². The first-order chi connectivity index (χ1) is 5.95. The van der Waals surface area contributed by atoms with E-state index < -0.39 is 0 Å². The predicted octanol–water partition coefficient (Wildman–Crippen LogP) is -0.233. The van der Waals surface area contributed by atoms with E-state index in [2.05, 4.69) is 25.6 Å². The van der Waals surface area contributed by atoms with Crippen molar-refractivity contribution in [1.82, 2.24) is 25.6 Å². The van der Waals surface area contributed by atoms with E-state index in [-0.39, 0.29) is 12.6 Å².